The molecule has 102 valence electrons. The zero-order valence-corrected chi connectivity index (χ0v) is 11.5. The third-order valence-electron chi connectivity index (χ3n) is 2.13. The van der Waals surface area contributed by atoms with E-state index in [1.54, 1.807) is 18.2 Å². The summed E-state index contributed by atoms with van der Waals surface area (Å²) in [5.41, 5.74) is 0.453. The molecule has 2 nitrogen and oxygen atoms in total. The summed E-state index contributed by atoms with van der Waals surface area (Å²) in [5, 5.41) is 10.2. The third-order valence-corrected chi connectivity index (χ3v) is 3.16. The quantitative estimate of drug-likeness (QED) is 0.813. The summed E-state index contributed by atoms with van der Waals surface area (Å²) in [6.07, 6.45) is -5.28. The van der Waals surface area contributed by atoms with Crippen molar-refractivity contribution >= 4 is 27.5 Å². The summed E-state index contributed by atoms with van der Waals surface area (Å²) in [6.45, 7) is -1.51. The van der Waals surface area contributed by atoms with Crippen LogP contribution in [0.15, 0.2) is 22.7 Å². The minimum atomic E-state index is -4.35. The average Bonchev–Trinajstić information content (AvgIpc) is 2.23. The summed E-state index contributed by atoms with van der Waals surface area (Å²) in [6, 6.07) is 4.99. The maximum atomic E-state index is 11.8. The van der Waals surface area contributed by atoms with Gasteiger partial charge in [-0.2, -0.15) is 13.2 Å². The first kappa shape index (κ1) is 15.8. The number of benzene rings is 1. The molecule has 7 heteroatoms. The van der Waals surface area contributed by atoms with Crippen LogP contribution in [0.25, 0.3) is 0 Å². The number of halogens is 5. The minimum Gasteiger partial charge on any atom is -0.388 e. The predicted molar refractivity (Wildman–Crippen MR) is 65.6 cm³/mol. The molecule has 0 aromatic heterocycles. The van der Waals surface area contributed by atoms with Crippen molar-refractivity contribution in [1.82, 2.24) is 0 Å². The van der Waals surface area contributed by atoms with E-state index in [2.05, 4.69) is 20.7 Å². The monoisotopic (exact) mass is 346 g/mol. The topological polar surface area (TPSA) is 29.5 Å². The second-order valence-corrected chi connectivity index (χ2v) is 4.87. The Morgan fingerprint density at radius 2 is 2.06 bits per heavy atom. The lowest BCUT2D eigenvalue weighted by atomic mass is 10.1. The Labute approximate surface area is 116 Å². The smallest absolute Gasteiger partial charge is 0.388 e. The normalized spacial score (nSPS) is 13.7. The Bertz CT molecular complexity index is 378. The van der Waals surface area contributed by atoms with E-state index in [4.69, 9.17) is 11.6 Å². The van der Waals surface area contributed by atoms with E-state index in [1.165, 1.54) is 0 Å². The van der Waals surface area contributed by atoms with Gasteiger partial charge in [0.2, 0.25) is 0 Å². The maximum Gasteiger partial charge on any atom is 0.411 e. The molecule has 1 rings (SSSR count). The first-order valence-corrected chi connectivity index (χ1v) is 6.25. The lowest BCUT2D eigenvalue weighted by Gasteiger charge is -2.15. The summed E-state index contributed by atoms with van der Waals surface area (Å²) >= 11 is 9.12. The van der Waals surface area contributed by atoms with Crippen molar-refractivity contribution in [2.45, 2.75) is 18.7 Å². The number of rotatable bonds is 5. The fraction of sp³-hybridized carbons (Fsp3) is 0.455. The molecule has 0 radical (unpaired) electrons. The molecule has 0 saturated heterocycles. The summed E-state index contributed by atoms with van der Waals surface area (Å²) in [5.74, 6) is 0. The molecule has 0 amide bonds. The highest BCUT2D eigenvalue weighted by atomic mass is 79.9. The highest BCUT2D eigenvalue weighted by Crippen LogP contribution is 2.32. The Balaban J connectivity index is 2.48. The molecule has 1 aromatic rings. The molecule has 1 N–H and O–H groups in total. The zero-order chi connectivity index (χ0) is 13.8. The van der Waals surface area contributed by atoms with Crippen molar-refractivity contribution in [3.8, 4) is 0 Å². The van der Waals surface area contributed by atoms with Crippen molar-refractivity contribution in [1.29, 1.82) is 0 Å². The van der Waals surface area contributed by atoms with E-state index in [-0.39, 0.29) is 13.0 Å². The van der Waals surface area contributed by atoms with Crippen LogP contribution in [0.1, 0.15) is 18.1 Å². The van der Waals surface area contributed by atoms with Crippen molar-refractivity contribution < 1.29 is 23.0 Å². The van der Waals surface area contributed by atoms with Crippen LogP contribution < -0.4 is 0 Å². The average molecular weight is 348 g/mol. The Morgan fingerprint density at radius 3 is 2.61 bits per heavy atom. The number of ether oxygens (including phenoxy) is 1. The summed E-state index contributed by atoms with van der Waals surface area (Å²) in [4.78, 5) is 0. The van der Waals surface area contributed by atoms with E-state index >= 15 is 0 Å². The van der Waals surface area contributed by atoms with Crippen LogP contribution in [0.5, 0.6) is 0 Å². The fourth-order valence-electron chi connectivity index (χ4n) is 1.36. The van der Waals surface area contributed by atoms with Gasteiger partial charge >= 0.3 is 6.18 Å². The molecule has 0 spiro atoms. The van der Waals surface area contributed by atoms with Crippen LogP contribution in [0, 0.1) is 0 Å². The lowest BCUT2D eigenvalue weighted by molar-refractivity contribution is -0.175. The number of alkyl halides is 3. The molecule has 0 heterocycles. The van der Waals surface area contributed by atoms with Crippen LogP contribution in [-0.4, -0.2) is 24.5 Å². The van der Waals surface area contributed by atoms with Gasteiger partial charge < -0.3 is 9.84 Å². The van der Waals surface area contributed by atoms with Gasteiger partial charge in [0.15, 0.2) is 0 Å². The minimum absolute atomic E-state index is 0.0401. The van der Waals surface area contributed by atoms with Crippen LogP contribution >= 0.6 is 27.5 Å². The molecule has 1 atom stereocenters. The SMILES string of the molecule is OC(CCOCC(F)(F)F)c1c(Cl)cccc1Br. The first-order valence-electron chi connectivity index (χ1n) is 5.07. The van der Waals surface area contributed by atoms with Crippen LogP contribution in [0.4, 0.5) is 13.2 Å². The van der Waals surface area contributed by atoms with Gasteiger partial charge in [0.25, 0.3) is 0 Å². The molecule has 0 bridgehead atoms. The van der Waals surface area contributed by atoms with E-state index < -0.39 is 18.9 Å². The second kappa shape index (κ2) is 6.75. The molecule has 1 aromatic carbocycles. The Morgan fingerprint density at radius 1 is 1.39 bits per heavy atom. The van der Waals surface area contributed by atoms with Crippen LogP contribution in [0.2, 0.25) is 5.02 Å². The van der Waals surface area contributed by atoms with Gasteiger partial charge in [0.05, 0.1) is 6.10 Å². The number of hydrogen-bond acceptors (Lipinski definition) is 2. The molecule has 18 heavy (non-hydrogen) atoms. The standard InChI is InChI=1S/C11H11BrClF3O2/c12-7-2-1-3-8(13)10(7)9(17)4-5-18-6-11(14,15)16/h1-3,9,17H,4-6H2. The lowest BCUT2D eigenvalue weighted by Crippen LogP contribution is -2.18. The third kappa shape index (κ3) is 5.14. The molecular weight excluding hydrogens is 336 g/mol. The summed E-state index contributed by atoms with van der Waals surface area (Å²) < 4.78 is 40.5. The molecule has 0 aliphatic rings. The zero-order valence-electron chi connectivity index (χ0n) is 9.18. The Hall–Kier alpha value is -0.300. The van der Waals surface area contributed by atoms with E-state index in [0.29, 0.717) is 15.1 Å². The van der Waals surface area contributed by atoms with Crippen molar-refractivity contribution in [3.63, 3.8) is 0 Å². The first-order chi connectivity index (χ1) is 8.31. The van der Waals surface area contributed by atoms with Gasteiger partial charge in [-0.1, -0.05) is 33.6 Å². The molecule has 0 saturated carbocycles. The largest absolute Gasteiger partial charge is 0.411 e. The molecular formula is C11H11BrClF3O2. The van der Waals surface area contributed by atoms with Crippen LogP contribution in [-0.2, 0) is 4.74 Å². The van der Waals surface area contributed by atoms with Gasteiger partial charge in [-0.3, -0.25) is 0 Å². The number of aliphatic hydroxyl groups is 1. The predicted octanol–water partition coefficient (Wildman–Crippen LogP) is 4.10. The molecule has 0 aliphatic heterocycles. The van der Waals surface area contributed by atoms with E-state index in [1.807, 2.05) is 0 Å². The number of aliphatic hydroxyl groups excluding tert-OH is 1. The molecule has 0 fully saturated rings. The highest BCUT2D eigenvalue weighted by molar-refractivity contribution is 9.10. The molecule has 1 unspecified atom stereocenters. The fourth-order valence-corrected chi connectivity index (χ4v) is 2.40. The number of hydrogen-bond donors (Lipinski definition) is 1. The van der Waals surface area contributed by atoms with Crippen molar-refractivity contribution in [3.05, 3.63) is 33.3 Å². The molecule has 0 aliphatic carbocycles. The summed E-state index contributed by atoms with van der Waals surface area (Å²) in [7, 11) is 0. The van der Waals surface area contributed by atoms with Gasteiger partial charge in [0.1, 0.15) is 6.61 Å². The van der Waals surface area contributed by atoms with Crippen molar-refractivity contribution in [2.75, 3.05) is 13.2 Å². The van der Waals surface area contributed by atoms with Gasteiger partial charge in [-0.05, 0) is 12.1 Å². The van der Waals surface area contributed by atoms with Crippen LogP contribution in [0.3, 0.4) is 0 Å². The van der Waals surface area contributed by atoms with E-state index in [0.717, 1.165) is 0 Å². The Kier molecular flexibility index (Phi) is 5.91. The van der Waals surface area contributed by atoms with E-state index in [9.17, 15) is 18.3 Å². The van der Waals surface area contributed by atoms with Gasteiger partial charge in [-0.15, -0.1) is 0 Å². The highest BCUT2D eigenvalue weighted by Gasteiger charge is 2.27. The second-order valence-electron chi connectivity index (χ2n) is 3.61. The van der Waals surface area contributed by atoms with Crippen molar-refractivity contribution in [2.24, 2.45) is 0 Å². The van der Waals surface area contributed by atoms with Gasteiger partial charge in [-0.25, -0.2) is 0 Å². The maximum absolute atomic E-state index is 11.8. The van der Waals surface area contributed by atoms with Gasteiger partial charge in [0, 0.05) is 28.1 Å².